The highest BCUT2D eigenvalue weighted by atomic mass is 32.2. The number of anilines is 2. The third-order valence-corrected chi connectivity index (χ3v) is 5.48. The number of benzene rings is 2. The molecule has 0 bridgehead atoms. The van der Waals surface area contributed by atoms with Crippen LogP contribution in [-0.4, -0.2) is 35.4 Å². The van der Waals surface area contributed by atoms with Crippen molar-refractivity contribution in [1.82, 2.24) is 4.98 Å². The molecule has 2 amide bonds. The second-order valence-electron chi connectivity index (χ2n) is 5.98. The summed E-state index contributed by atoms with van der Waals surface area (Å²) in [7, 11) is 1.39. The predicted octanol–water partition coefficient (Wildman–Crippen LogP) is 4.41. The molecule has 0 saturated heterocycles. The number of thiazole rings is 1. The maximum atomic E-state index is 13.8. The molecule has 10 heteroatoms. The van der Waals surface area contributed by atoms with Crippen LogP contribution in [-0.2, 0) is 9.59 Å². The van der Waals surface area contributed by atoms with Crippen LogP contribution < -0.4 is 15.4 Å². The van der Waals surface area contributed by atoms with E-state index in [0.29, 0.717) is 22.1 Å². The number of amides is 2. The zero-order valence-corrected chi connectivity index (χ0v) is 17.4. The molecule has 0 saturated carbocycles. The molecule has 2 N–H and O–H groups in total. The predicted molar refractivity (Wildman–Crippen MR) is 115 cm³/mol. The number of carbonyl (C=O) groups is 2. The van der Waals surface area contributed by atoms with Gasteiger partial charge in [-0.15, -0.1) is 23.1 Å². The SMILES string of the molecule is COc1ccc(-c2csc(NC(=O)CSCC(=O)Nc3ccc(F)cc3)n2)cc1F. The van der Waals surface area contributed by atoms with Crippen LogP contribution in [0.2, 0.25) is 0 Å². The van der Waals surface area contributed by atoms with E-state index >= 15 is 0 Å². The van der Waals surface area contributed by atoms with Gasteiger partial charge in [0.2, 0.25) is 11.8 Å². The van der Waals surface area contributed by atoms with Gasteiger partial charge in [0.25, 0.3) is 0 Å². The molecule has 3 rings (SSSR count). The highest BCUT2D eigenvalue weighted by molar-refractivity contribution is 8.00. The van der Waals surface area contributed by atoms with E-state index in [1.54, 1.807) is 11.4 Å². The molecule has 6 nitrogen and oxygen atoms in total. The van der Waals surface area contributed by atoms with Gasteiger partial charge >= 0.3 is 0 Å². The average Bonchev–Trinajstić information content (AvgIpc) is 3.18. The van der Waals surface area contributed by atoms with Crippen LogP contribution in [0.25, 0.3) is 11.3 Å². The fourth-order valence-electron chi connectivity index (χ4n) is 2.41. The summed E-state index contributed by atoms with van der Waals surface area (Å²) in [6.07, 6.45) is 0. The quantitative estimate of drug-likeness (QED) is 0.533. The molecule has 0 spiro atoms. The van der Waals surface area contributed by atoms with Crippen molar-refractivity contribution in [3.63, 3.8) is 0 Å². The Morgan fingerprint density at radius 1 is 1.07 bits per heavy atom. The van der Waals surface area contributed by atoms with Gasteiger partial charge < -0.3 is 15.4 Å². The van der Waals surface area contributed by atoms with Crippen LogP contribution in [0.5, 0.6) is 5.75 Å². The van der Waals surface area contributed by atoms with Gasteiger partial charge in [0.15, 0.2) is 16.7 Å². The number of hydrogen-bond donors (Lipinski definition) is 2. The second kappa shape index (κ2) is 10.2. The molecule has 0 aliphatic heterocycles. The van der Waals surface area contributed by atoms with Crippen molar-refractivity contribution in [2.24, 2.45) is 0 Å². The van der Waals surface area contributed by atoms with Gasteiger partial charge in [0.05, 0.1) is 24.3 Å². The summed E-state index contributed by atoms with van der Waals surface area (Å²) in [6, 6.07) is 9.92. The highest BCUT2D eigenvalue weighted by Gasteiger charge is 2.11. The molecular formula is C20H17F2N3O3S2. The smallest absolute Gasteiger partial charge is 0.236 e. The Balaban J connectivity index is 1.45. The van der Waals surface area contributed by atoms with E-state index in [-0.39, 0.29) is 34.9 Å². The zero-order valence-electron chi connectivity index (χ0n) is 15.8. The van der Waals surface area contributed by atoms with Gasteiger partial charge in [-0.1, -0.05) is 0 Å². The van der Waals surface area contributed by atoms with E-state index in [0.717, 1.165) is 11.8 Å². The number of thioether (sulfide) groups is 1. The lowest BCUT2D eigenvalue weighted by atomic mass is 10.1. The molecule has 2 aromatic carbocycles. The third kappa shape index (κ3) is 6.01. The topological polar surface area (TPSA) is 80.3 Å². The van der Waals surface area contributed by atoms with E-state index < -0.39 is 5.82 Å². The maximum Gasteiger partial charge on any atom is 0.236 e. The minimum absolute atomic E-state index is 0.0584. The summed E-state index contributed by atoms with van der Waals surface area (Å²) in [5.74, 6) is -1.22. The maximum absolute atomic E-state index is 13.8. The number of rotatable bonds is 8. The Morgan fingerprint density at radius 3 is 2.43 bits per heavy atom. The number of nitrogens with one attached hydrogen (secondary N) is 2. The zero-order chi connectivity index (χ0) is 21.5. The number of halogens is 2. The molecule has 1 aromatic heterocycles. The first-order valence-corrected chi connectivity index (χ1v) is 10.7. The lowest BCUT2D eigenvalue weighted by molar-refractivity contribution is -0.114. The van der Waals surface area contributed by atoms with E-state index in [1.165, 1.54) is 54.8 Å². The van der Waals surface area contributed by atoms with Crippen LogP contribution in [0.15, 0.2) is 47.8 Å². The van der Waals surface area contributed by atoms with Gasteiger partial charge in [0.1, 0.15) is 5.82 Å². The normalized spacial score (nSPS) is 10.5. The molecule has 156 valence electrons. The van der Waals surface area contributed by atoms with Crippen molar-refractivity contribution < 1.29 is 23.1 Å². The van der Waals surface area contributed by atoms with Crippen molar-refractivity contribution in [2.75, 3.05) is 29.2 Å². The number of nitrogens with zero attached hydrogens (tertiary/aromatic N) is 1. The van der Waals surface area contributed by atoms with Crippen LogP contribution in [0.4, 0.5) is 19.6 Å². The lowest BCUT2D eigenvalue weighted by Crippen LogP contribution is -2.18. The molecule has 0 radical (unpaired) electrons. The molecule has 0 unspecified atom stereocenters. The number of ether oxygens (including phenoxy) is 1. The second-order valence-corrected chi connectivity index (χ2v) is 7.83. The van der Waals surface area contributed by atoms with Crippen LogP contribution >= 0.6 is 23.1 Å². The Labute approximate surface area is 179 Å². The number of carbonyl (C=O) groups excluding carboxylic acids is 2. The first-order chi connectivity index (χ1) is 14.4. The van der Waals surface area contributed by atoms with Gasteiger partial charge in [-0.3, -0.25) is 9.59 Å². The standard InChI is InChI=1S/C20H17F2N3O3S2/c1-28-17-7-2-12(8-15(17)22)16-9-30-20(24-16)25-19(27)11-29-10-18(26)23-14-5-3-13(21)4-6-14/h2-9H,10-11H2,1H3,(H,23,26)(H,24,25,27). The van der Waals surface area contributed by atoms with E-state index in [1.807, 2.05) is 0 Å². The summed E-state index contributed by atoms with van der Waals surface area (Å²) in [5, 5.41) is 7.36. The highest BCUT2D eigenvalue weighted by Crippen LogP contribution is 2.28. The summed E-state index contributed by atoms with van der Waals surface area (Å²) in [6.45, 7) is 0. The van der Waals surface area contributed by atoms with Crippen molar-refractivity contribution in [3.8, 4) is 17.0 Å². The largest absolute Gasteiger partial charge is 0.494 e. The number of methoxy groups -OCH3 is 1. The summed E-state index contributed by atoms with van der Waals surface area (Å²) >= 11 is 2.35. The van der Waals surface area contributed by atoms with E-state index in [9.17, 15) is 18.4 Å². The Kier molecular flexibility index (Phi) is 7.36. The Bertz CT molecular complexity index is 1040. The minimum Gasteiger partial charge on any atom is -0.494 e. The van der Waals surface area contributed by atoms with Crippen LogP contribution in [0, 0.1) is 11.6 Å². The van der Waals surface area contributed by atoms with Crippen molar-refractivity contribution >= 4 is 45.7 Å². The molecular weight excluding hydrogens is 432 g/mol. The van der Waals surface area contributed by atoms with Gasteiger partial charge in [-0.05, 0) is 42.5 Å². The number of hydrogen-bond acceptors (Lipinski definition) is 6. The summed E-state index contributed by atoms with van der Waals surface area (Å²) < 4.78 is 31.6. The first-order valence-electron chi connectivity index (χ1n) is 8.67. The molecule has 3 aromatic rings. The Hall–Kier alpha value is -2.98. The van der Waals surface area contributed by atoms with Gasteiger partial charge in [-0.25, -0.2) is 13.8 Å². The molecule has 30 heavy (non-hydrogen) atoms. The van der Waals surface area contributed by atoms with Gasteiger partial charge in [0, 0.05) is 16.6 Å². The van der Waals surface area contributed by atoms with Crippen molar-refractivity contribution in [2.45, 2.75) is 0 Å². The molecule has 0 aliphatic carbocycles. The van der Waals surface area contributed by atoms with Gasteiger partial charge in [-0.2, -0.15) is 0 Å². The van der Waals surface area contributed by atoms with Crippen LogP contribution in [0.1, 0.15) is 0 Å². The summed E-state index contributed by atoms with van der Waals surface area (Å²) in [4.78, 5) is 28.2. The lowest BCUT2D eigenvalue weighted by Gasteiger charge is -2.05. The third-order valence-electron chi connectivity index (χ3n) is 3.79. The van der Waals surface area contributed by atoms with Crippen molar-refractivity contribution in [1.29, 1.82) is 0 Å². The van der Waals surface area contributed by atoms with Crippen molar-refractivity contribution in [3.05, 3.63) is 59.5 Å². The molecule has 0 aliphatic rings. The average molecular weight is 450 g/mol. The monoisotopic (exact) mass is 449 g/mol. The van der Waals surface area contributed by atoms with E-state index in [2.05, 4.69) is 15.6 Å². The molecule has 0 atom stereocenters. The van der Waals surface area contributed by atoms with Crippen LogP contribution in [0.3, 0.4) is 0 Å². The minimum atomic E-state index is -0.496. The molecule has 1 heterocycles. The first kappa shape index (κ1) is 21.7. The van der Waals surface area contributed by atoms with E-state index in [4.69, 9.17) is 4.74 Å². The number of aromatic nitrogens is 1. The fourth-order valence-corrected chi connectivity index (χ4v) is 3.76. The Morgan fingerprint density at radius 2 is 1.77 bits per heavy atom. The summed E-state index contributed by atoms with van der Waals surface area (Å²) in [5.41, 5.74) is 1.58. The fraction of sp³-hybridized carbons (Fsp3) is 0.150. The molecule has 0 fully saturated rings.